The molecule has 94 valence electrons. The molecule has 2 saturated carbocycles. The molecule has 1 aromatic heterocycles. The molecule has 3 rings (SSSR count). The van der Waals surface area contributed by atoms with Crippen molar-refractivity contribution < 1.29 is 4.74 Å². The van der Waals surface area contributed by atoms with Crippen molar-refractivity contribution >= 4 is 0 Å². The smallest absolute Gasteiger partial charge is 0.165 e. The second-order valence-electron chi connectivity index (χ2n) is 4.90. The fourth-order valence-electron chi connectivity index (χ4n) is 2.24. The van der Waals surface area contributed by atoms with E-state index in [1.165, 1.54) is 12.8 Å². The van der Waals surface area contributed by atoms with Gasteiger partial charge in [-0.3, -0.25) is 0 Å². The van der Waals surface area contributed by atoms with E-state index in [0.29, 0.717) is 18.2 Å². The summed E-state index contributed by atoms with van der Waals surface area (Å²) in [5, 5.41) is 15.4. The molecule has 17 heavy (non-hydrogen) atoms. The highest BCUT2D eigenvalue weighted by Gasteiger charge is 2.33. The van der Waals surface area contributed by atoms with E-state index in [9.17, 15) is 0 Å². The molecule has 0 bridgehead atoms. The Morgan fingerprint density at radius 2 is 2.24 bits per heavy atom. The zero-order valence-electron chi connectivity index (χ0n) is 10.2. The van der Waals surface area contributed by atoms with Crippen LogP contribution in [0.4, 0.5) is 0 Å². The van der Waals surface area contributed by atoms with E-state index in [1.807, 2.05) is 11.6 Å². The van der Waals surface area contributed by atoms with Gasteiger partial charge in [-0.25, -0.2) is 4.68 Å². The van der Waals surface area contributed by atoms with Crippen LogP contribution in [0.5, 0.6) is 0 Å². The largest absolute Gasteiger partial charge is 0.378 e. The lowest BCUT2D eigenvalue weighted by Crippen LogP contribution is -2.35. The summed E-state index contributed by atoms with van der Waals surface area (Å²) in [7, 11) is 0. The van der Waals surface area contributed by atoms with Gasteiger partial charge >= 0.3 is 0 Å². The lowest BCUT2D eigenvalue weighted by atomic mass is 9.89. The fourth-order valence-corrected chi connectivity index (χ4v) is 2.24. The summed E-state index contributed by atoms with van der Waals surface area (Å²) in [5.74, 6) is 0.955. The van der Waals surface area contributed by atoms with E-state index < -0.39 is 0 Å². The molecule has 0 radical (unpaired) electrons. The van der Waals surface area contributed by atoms with Gasteiger partial charge in [-0.15, -0.1) is 5.10 Å². The molecule has 1 N–H and O–H groups in total. The number of rotatable bonds is 6. The van der Waals surface area contributed by atoms with Crippen LogP contribution in [0.3, 0.4) is 0 Å². The monoisotopic (exact) mass is 237 g/mol. The molecule has 0 aromatic carbocycles. The first-order valence-electron chi connectivity index (χ1n) is 6.48. The van der Waals surface area contributed by atoms with E-state index in [1.54, 1.807) is 0 Å². The van der Waals surface area contributed by atoms with Crippen molar-refractivity contribution in [3.8, 4) is 0 Å². The van der Waals surface area contributed by atoms with Crippen LogP contribution in [-0.4, -0.2) is 39.0 Å². The van der Waals surface area contributed by atoms with Crippen LogP contribution < -0.4 is 5.32 Å². The van der Waals surface area contributed by atoms with Gasteiger partial charge in [0.1, 0.15) is 0 Å². The minimum atomic E-state index is 0.401. The molecule has 0 amide bonds. The van der Waals surface area contributed by atoms with Crippen LogP contribution in [0.1, 0.15) is 44.5 Å². The third kappa shape index (κ3) is 2.47. The zero-order chi connectivity index (χ0) is 11.7. The average molecular weight is 237 g/mol. The van der Waals surface area contributed by atoms with E-state index >= 15 is 0 Å². The van der Waals surface area contributed by atoms with E-state index in [0.717, 1.165) is 31.8 Å². The molecule has 6 nitrogen and oxygen atoms in total. The summed E-state index contributed by atoms with van der Waals surface area (Å²) >= 11 is 0. The van der Waals surface area contributed by atoms with Gasteiger partial charge in [0.25, 0.3) is 0 Å². The fraction of sp³-hybridized carbons (Fsp3) is 0.909. The third-order valence-corrected chi connectivity index (χ3v) is 3.51. The van der Waals surface area contributed by atoms with Gasteiger partial charge in [0.15, 0.2) is 5.82 Å². The van der Waals surface area contributed by atoms with Gasteiger partial charge in [0.05, 0.1) is 18.7 Å². The zero-order valence-corrected chi connectivity index (χ0v) is 10.2. The SMILES string of the molecule is CCOC1CC(n2nnnc2CNC2CC2)C1. The van der Waals surface area contributed by atoms with Crippen molar-refractivity contribution in [2.75, 3.05) is 6.61 Å². The van der Waals surface area contributed by atoms with Crippen LogP contribution in [-0.2, 0) is 11.3 Å². The summed E-state index contributed by atoms with van der Waals surface area (Å²) in [6, 6.07) is 1.12. The summed E-state index contributed by atoms with van der Waals surface area (Å²) < 4.78 is 7.52. The first-order chi connectivity index (χ1) is 8.36. The Kier molecular flexibility index (Phi) is 3.07. The predicted molar refractivity (Wildman–Crippen MR) is 61.4 cm³/mol. The first-order valence-corrected chi connectivity index (χ1v) is 6.48. The third-order valence-electron chi connectivity index (χ3n) is 3.51. The molecular formula is C11H19N5O. The second kappa shape index (κ2) is 4.70. The predicted octanol–water partition coefficient (Wildman–Crippen LogP) is 0.665. The second-order valence-corrected chi connectivity index (χ2v) is 4.90. The molecule has 0 spiro atoms. The maximum absolute atomic E-state index is 5.56. The standard InChI is InChI=1S/C11H19N5O/c1-2-17-10-5-9(6-10)16-11(13-14-15-16)7-12-8-3-4-8/h8-10,12H,2-7H2,1H3. The van der Waals surface area contributed by atoms with Gasteiger partial charge in [-0.1, -0.05) is 0 Å². The van der Waals surface area contributed by atoms with Crippen molar-refractivity contribution in [2.24, 2.45) is 0 Å². The number of tetrazole rings is 1. The van der Waals surface area contributed by atoms with Crippen LogP contribution >= 0.6 is 0 Å². The van der Waals surface area contributed by atoms with Crippen molar-refractivity contribution in [3.05, 3.63) is 5.82 Å². The number of hydrogen-bond donors (Lipinski definition) is 1. The normalized spacial score (nSPS) is 28.1. The van der Waals surface area contributed by atoms with E-state index in [2.05, 4.69) is 20.8 Å². The summed E-state index contributed by atoms with van der Waals surface area (Å²) in [5.41, 5.74) is 0. The van der Waals surface area contributed by atoms with Crippen LogP contribution in [0, 0.1) is 0 Å². The van der Waals surface area contributed by atoms with Crippen LogP contribution in [0.25, 0.3) is 0 Å². The van der Waals surface area contributed by atoms with E-state index in [-0.39, 0.29) is 0 Å². The summed E-state index contributed by atoms with van der Waals surface area (Å²) in [6.07, 6.45) is 5.05. The Hall–Kier alpha value is -1.01. The van der Waals surface area contributed by atoms with Crippen molar-refractivity contribution in [1.29, 1.82) is 0 Å². The Labute approximate surface area is 101 Å². The quantitative estimate of drug-likeness (QED) is 0.787. The lowest BCUT2D eigenvalue weighted by Gasteiger charge is -2.34. The van der Waals surface area contributed by atoms with Gasteiger partial charge in [-0.2, -0.15) is 0 Å². The average Bonchev–Trinajstić information content (AvgIpc) is 2.99. The van der Waals surface area contributed by atoms with Crippen LogP contribution in [0.15, 0.2) is 0 Å². The molecule has 0 saturated heterocycles. The van der Waals surface area contributed by atoms with Gasteiger partial charge < -0.3 is 10.1 Å². The molecule has 2 fully saturated rings. The Bertz CT molecular complexity index is 370. The Morgan fingerprint density at radius 3 is 2.94 bits per heavy atom. The van der Waals surface area contributed by atoms with E-state index in [4.69, 9.17) is 4.74 Å². The number of nitrogens with one attached hydrogen (secondary N) is 1. The molecule has 0 aliphatic heterocycles. The molecule has 2 aliphatic carbocycles. The highest BCUT2D eigenvalue weighted by Crippen LogP contribution is 2.34. The highest BCUT2D eigenvalue weighted by molar-refractivity contribution is 4.93. The van der Waals surface area contributed by atoms with Gasteiger partial charge in [0, 0.05) is 12.6 Å². The highest BCUT2D eigenvalue weighted by atomic mass is 16.5. The number of nitrogens with zero attached hydrogens (tertiary/aromatic N) is 4. The van der Waals surface area contributed by atoms with Gasteiger partial charge in [0.2, 0.25) is 0 Å². The molecule has 1 aromatic rings. The number of aromatic nitrogens is 4. The molecular weight excluding hydrogens is 218 g/mol. The Balaban J connectivity index is 1.54. The summed E-state index contributed by atoms with van der Waals surface area (Å²) in [6.45, 7) is 3.62. The number of hydrogen-bond acceptors (Lipinski definition) is 5. The van der Waals surface area contributed by atoms with Gasteiger partial charge in [-0.05, 0) is 43.0 Å². The molecule has 1 heterocycles. The first kappa shape index (κ1) is 11.1. The topological polar surface area (TPSA) is 64.9 Å². The maximum atomic E-state index is 5.56. The number of ether oxygens (including phenoxy) is 1. The lowest BCUT2D eigenvalue weighted by molar-refractivity contribution is -0.0239. The van der Waals surface area contributed by atoms with Crippen molar-refractivity contribution in [2.45, 2.75) is 57.3 Å². The molecule has 0 unspecified atom stereocenters. The van der Waals surface area contributed by atoms with Crippen molar-refractivity contribution in [3.63, 3.8) is 0 Å². The molecule has 6 heteroatoms. The maximum Gasteiger partial charge on any atom is 0.165 e. The Morgan fingerprint density at radius 1 is 1.41 bits per heavy atom. The minimum absolute atomic E-state index is 0.401. The van der Waals surface area contributed by atoms with Crippen molar-refractivity contribution in [1.82, 2.24) is 25.5 Å². The molecule has 2 aliphatic rings. The van der Waals surface area contributed by atoms with Crippen LogP contribution in [0.2, 0.25) is 0 Å². The summed E-state index contributed by atoms with van der Waals surface area (Å²) in [4.78, 5) is 0. The minimum Gasteiger partial charge on any atom is -0.378 e. The molecule has 0 atom stereocenters.